The van der Waals surface area contributed by atoms with Crippen molar-refractivity contribution in [1.82, 2.24) is 0 Å². The van der Waals surface area contributed by atoms with Gasteiger partial charge in [-0.3, -0.25) is 4.79 Å². The van der Waals surface area contributed by atoms with Crippen molar-refractivity contribution < 1.29 is 9.59 Å². The van der Waals surface area contributed by atoms with Crippen molar-refractivity contribution in [3.8, 4) is 0 Å². The van der Waals surface area contributed by atoms with Crippen LogP contribution in [-0.2, 0) is 9.59 Å². The van der Waals surface area contributed by atoms with Gasteiger partial charge in [-0.2, -0.15) is 0 Å². The van der Waals surface area contributed by atoms with E-state index in [4.69, 9.17) is 11.5 Å². The second-order valence-electron chi connectivity index (χ2n) is 1.47. The maximum Gasteiger partial charge on any atom is 0.219 e. The van der Waals surface area contributed by atoms with Gasteiger partial charge in [0.25, 0.3) is 0 Å². The summed E-state index contributed by atoms with van der Waals surface area (Å²) >= 11 is 0. The van der Waals surface area contributed by atoms with Crippen LogP contribution in [-0.4, -0.2) is 18.2 Å². The molecule has 1 amide bonds. The van der Waals surface area contributed by atoms with Crippen molar-refractivity contribution >= 4 is 12.2 Å². The highest BCUT2D eigenvalue weighted by molar-refractivity contribution is 5.78. The molecule has 1 atom stereocenters. The van der Waals surface area contributed by atoms with Gasteiger partial charge in [0, 0.05) is 6.42 Å². The fourth-order valence-corrected chi connectivity index (χ4v) is 0.280. The van der Waals surface area contributed by atoms with Gasteiger partial charge in [0.15, 0.2) is 0 Å². The molecule has 4 nitrogen and oxygen atoms in total. The zero-order chi connectivity index (χ0) is 10.6. The van der Waals surface area contributed by atoms with Gasteiger partial charge in [0.1, 0.15) is 6.29 Å². The van der Waals surface area contributed by atoms with Crippen LogP contribution in [0.25, 0.3) is 0 Å². The monoisotopic (exact) mass is 172 g/mol. The van der Waals surface area contributed by atoms with E-state index in [0.717, 1.165) is 0 Å². The van der Waals surface area contributed by atoms with Crippen LogP contribution in [0.1, 0.15) is 6.42 Å². The minimum absolute atomic E-state index is 0.0660. The molecule has 0 aromatic rings. The molecule has 0 rings (SSSR count). The van der Waals surface area contributed by atoms with Gasteiger partial charge in [-0.15, -0.1) is 26.3 Å². The molecule has 0 aliphatic carbocycles. The van der Waals surface area contributed by atoms with E-state index >= 15 is 0 Å². The number of carbonyl (C=O) groups excluding carboxylic acids is 2. The van der Waals surface area contributed by atoms with Gasteiger partial charge < -0.3 is 16.3 Å². The summed E-state index contributed by atoms with van der Waals surface area (Å²) < 4.78 is 0. The van der Waals surface area contributed by atoms with Crippen LogP contribution in [0.4, 0.5) is 0 Å². The number of amides is 1. The molecule has 0 heterocycles. The first-order valence-electron chi connectivity index (χ1n) is 3.16. The molecular weight excluding hydrogens is 156 g/mol. The minimum Gasteiger partial charge on any atom is -0.370 e. The lowest BCUT2D eigenvalue weighted by molar-refractivity contribution is -0.120. The molecule has 12 heavy (non-hydrogen) atoms. The SMILES string of the molecule is C=C.C=C.NC(=O)C[C@@H](N)C=O. The first-order chi connectivity index (χ1) is 5.66. The molecule has 0 aliphatic heterocycles. The summed E-state index contributed by atoms with van der Waals surface area (Å²) in [6.07, 6.45) is 0.425. The quantitative estimate of drug-likeness (QED) is 0.464. The highest BCUT2D eigenvalue weighted by atomic mass is 16.1. The lowest BCUT2D eigenvalue weighted by Gasteiger charge is -1.95. The third-order valence-electron chi connectivity index (χ3n) is 0.612. The van der Waals surface area contributed by atoms with E-state index in [0.29, 0.717) is 6.29 Å². The summed E-state index contributed by atoms with van der Waals surface area (Å²) in [6, 6.07) is -0.729. The van der Waals surface area contributed by atoms with E-state index in [2.05, 4.69) is 26.3 Å². The van der Waals surface area contributed by atoms with Gasteiger partial charge in [-0.05, 0) is 0 Å². The third kappa shape index (κ3) is 23.5. The van der Waals surface area contributed by atoms with E-state index in [1.807, 2.05) is 0 Å². The molecule has 0 unspecified atom stereocenters. The molecule has 4 heteroatoms. The Labute approximate surface area is 72.9 Å². The summed E-state index contributed by atoms with van der Waals surface area (Å²) in [4.78, 5) is 19.7. The molecular formula is C8H16N2O2. The molecule has 70 valence electrons. The fourth-order valence-electron chi connectivity index (χ4n) is 0.280. The zero-order valence-electron chi connectivity index (χ0n) is 7.16. The molecule has 0 fully saturated rings. The van der Waals surface area contributed by atoms with Crippen molar-refractivity contribution in [2.75, 3.05) is 0 Å². The standard InChI is InChI=1S/C4H8N2O2.2C2H4/c5-3(2-7)1-4(6)8;2*1-2/h2-3H,1,5H2,(H2,6,8);2*1-2H2/t3-;;/m1../s1. The van der Waals surface area contributed by atoms with Gasteiger partial charge in [0.05, 0.1) is 6.04 Å². The number of nitrogens with two attached hydrogens (primary N) is 2. The van der Waals surface area contributed by atoms with Crippen LogP contribution in [0.5, 0.6) is 0 Å². The molecule has 0 saturated carbocycles. The molecule has 0 bridgehead atoms. The van der Waals surface area contributed by atoms with Gasteiger partial charge >= 0.3 is 0 Å². The number of hydrogen-bond acceptors (Lipinski definition) is 3. The summed E-state index contributed by atoms with van der Waals surface area (Å²) in [5.41, 5.74) is 9.70. The average molecular weight is 172 g/mol. The van der Waals surface area contributed by atoms with E-state index in [-0.39, 0.29) is 6.42 Å². The maximum atomic E-state index is 9.95. The number of carbonyl (C=O) groups is 2. The minimum atomic E-state index is -0.729. The Kier molecular flexibility index (Phi) is 22.9. The number of aldehydes is 1. The predicted molar refractivity (Wildman–Crippen MR) is 50.4 cm³/mol. The van der Waals surface area contributed by atoms with Crippen molar-refractivity contribution in [2.45, 2.75) is 12.5 Å². The Hall–Kier alpha value is -1.42. The maximum absolute atomic E-state index is 9.95. The van der Waals surface area contributed by atoms with Crippen LogP contribution >= 0.6 is 0 Å². The van der Waals surface area contributed by atoms with Crippen LogP contribution in [0, 0.1) is 0 Å². The van der Waals surface area contributed by atoms with Crippen LogP contribution in [0.3, 0.4) is 0 Å². The molecule has 0 saturated heterocycles. The molecule has 0 radical (unpaired) electrons. The summed E-state index contributed by atoms with van der Waals surface area (Å²) in [6.45, 7) is 12.0. The van der Waals surface area contributed by atoms with Gasteiger partial charge in [0.2, 0.25) is 5.91 Å². The van der Waals surface area contributed by atoms with Crippen molar-refractivity contribution in [3.05, 3.63) is 26.3 Å². The van der Waals surface area contributed by atoms with E-state index in [1.165, 1.54) is 0 Å². The smallest absolute Gasteiger partial charge is 0.219 e. The first-order valence-corrected chi connectivity index (χ1v) is 3.16. The van der Waals surface area contributed by atoms with Crippen LogP contribution < -0.4 is 11.5 Å². The second kappa shape index (κ2) is 16.3. The Morgan fingerprint density at radius 1 is 1.33 bits per heavy atom. The predicted octanol–water partition coefficient (Wildman–Crippen LogP) is -0.00760. The van der Waals surface area contributed by atoms with Gasteiger partial charge in [-0.1, -0.05) is 0 Å². The summed E-state index contributed by atoms with van der Waals surface area (Å²) in [5.74, 6) is -0.551. The molecule has 0 aliphatic rings. The first kappa shape index (κ1) is 16.9. The molecule has 0 spiro atoms. The molecule has 0 aromatic heterocycles. The number of primary amides is 1. The second-order valence-corrected chi connectivity index (χ2v) is 1.47. The normalized spacial score (nSPS) is 9.08. The lowest BCUT2D eigenvalue weighted by Crippen LogP contribution is -2.28. The Balaban J connectivity index is -0.000000175. The average Bonchev–Trinajstić information content (AvgIpc) is 2.10. The van der Waals surface area contributed by atoms with Crippen LogP contribution in [0.2, 0.25) is 0 Å². The fraction of sp³-hybridized carbons (Fsp3) is 0.250. The Bertz CT molecular complexity index is 124. The van der Waals surface area contributed by atoms with E-state index in [1.54, 1.807) is 0 Å². The molecule has 4 N–H and O–H groups in total. The van der Waals surface area contributed by atoms with Crippen LogP contribution in [0.15, 0.2) is 26.3 Å². The third-order valence-corrected chi connectivity index (χ3v) is 0.612. The van der Waals surface area contributed by atoms with E-state index < -0.39 is 11.9 Å². The number of rotatable bonds is 3. The Morgan fingerprint density at radius 2 is 1.67 bits per heavy atom. The van der Waals surface area contributed by atoms with Crippen molar-refractivity contribution in [2.24, 2.45) is 11.5 Å². The van der Waals surface area contributed by atoms with Crippen molar-refractivity contribution in [3.63, 3.8) is 0 Å². The topological polar surface area (TPSA) is 86.2 Å². The largest absolute Gasteiger partial charge is 0.370 e. The van der Waals surface area contributed by atoms with Crippen molar-refractivity contribution in [1.29, 1.82) is 0 Å². The number of hydrogen-bond donors (Lipinski definition) is 2. The summed E-state index contributed by atoms with van der Waals surface area (Å²) in [5, 5.41) is 0. The lowest BCUT2D eigenvalue weighted by atomic mass is 10.2. The summed E-state index contributed by atoms with van der Waals surface area (Å²) in [7, 11) is 0. The Morgan fingerprint density at radius 3 is 1.75 bits per heavy atom. The highest BCUT2D eigenvalue weighted by Gasteiger charge is 2.02. The van der Waals surface area contributed by atoms with Gasteiger partial charge in [-0.25, -0.2) is 0 Å². The molecule has 0 aromatic carbocycles. The zero-order valence-corrected chi connectivity index (χ0v) is 7.16. The highest BCUT2D eigenvalue weighted by Crippen LogP contribution is 1.78. The van der Waals surface area contributed by atoms with E-state index in [9.17, 15) is 9.59 Å².